The molecule has 5 heteroatoms. The number of aliphatic hydroxyl groups excluding tert-OH is 1. The highest BCUT2D eigenvalue weighted by Crippen LogP contribution is 2.22. The molecular formula is C14H25N3O2. The van der Waals surface area contributed by atoms with Gasteiger partial charge in [0.2, 0.25) is 0 Å². The fourth-order valence-corrected chi connectivity index (χ4v) is 2.60. The van der Waals surface area contributed by atoms with E-state index in [1.165, 1.54) is 5.56 Å². The van der Waals surface area contributed by atoms with E-state index in [2.05, 4.69) is 27.8 Å². The Morgan fingerprint density at radius 1 is 1.47 bits per heavy atom. The summed E-state index contributed by atoms with van der Waals surface area (Å²) in [7, 11) is 0. The van der Waals surface area contributed by atoms with Crippen molar-refractivity contribution in [3.63, 3.8) is 0 Å². The molecule has 0 saturated carbocycles. The van der Waals surface area contributed by atoms with Crippen LogP contribution in [0.2, 0.25) is 0 Å². The average molecular weight is 267 g/mol. The monoisotopic (exact) mass is 267 g/mol. The summed E-state index contributed by atoms with van der Waals surface area (Å²) in [5.41, 5.74) is 1.22. The maximum atomic E-state index is 9.83. The molecule has 108 valence electrons. The van der Waals surface area contributed by atoms with E-state index >= 15 is 0 Å². The van der Waals surface area contributed by atoms with Crippen LogP contribution in [0.1, 0.15) is 31.4 Å². The molecule has 1 saturated heterocycles. The minimum Gasteiger partial charge on any atom is -0.389 e. The zero-order valence-corrected chi connectivity index (χ0v) is 12.0. The van der Waals surface area contributed by atoms with Crippen LogP contribution in [-0.2, 0) is 4.74 Å². The van der Waals surface area contributed by atoms with Crippen molar-refractivity contribution in [3.05, 3.63) is 18.0 Å². The summed E-state index contributed by atoms with van der Waals surface area (Å²) >= 11 is 0. The number of nitrogens with zero attached hydrogens (tertiary/aromatic N) is 3. The van der Waals surface area contributed by atoms with Gasteiger partial charge in [-0.25, -0.2) is 0 Å². The predicted molar refractivity (Wildman–Crippen MR) is 74.2 cm³/mol. The standard InChI is InChI=1S/C14H25N3O2/c1-3-19-11-14(18)10-16-6-4-13(5-7-16)17-9-12(2)8-15-17/h8-9,13-14,18H,3-7,10-11H2,1-2H3. The number of aromatic nitrogens is 2. The predicted octanol–water partition coefficient (Wildman–Crippen LogP) is 1.23. The summed E-state index contributed by atoms with van der Waals surface area (Å²) < 4.78 is 7.33. The lowest BCUT2D eigenvalue weighted by Crippen LogP contribution is -2.40. The highest BCUT2D eigenvalue weighted by atomic mass is 16.5. The first-order valence-corrected chi connectivity index (χ1v) is 7.18. The third kappa shape index (κ3) is 4.30. The van der Waals surface area contributed by atoms with Crippen molar-refractivity contribution in [2.75, 3.05) is 32.8 Å². The lowest BCUT2D eigenvalue weighted by molar-refractivity contribution is 0.0147. The number of hydrogen-bond acceptors (Lipinski definition) is 4. The molecule has 1 aromatic rings. The first-order chi connectivity index (χ1) is 9.19. The lowest BCUT2D eigenvalue weighted by atomic mass is 10.0. The van der Waals surface area contributed by atoms with Crippen LogP contribution >= 0.6 is 0 Å². The molecule has 1 aliphatic heterocycles. The molecule has 0 spiro atoms. The van der Waals surface area contributed by atoms with Crippen LogP contribution in [-0.4, -0.2) is 58.7 Å². The number of aryl methyl sites for hydroxylation is 1. The van der Waals surface area contributed by atoms with Crippen molar-refractivity contribution in [2.24, 2.45) is 0 Å². The molecule has 0 aliphatic carbocycles. The molecule has 0 amide bonds. The topological polar surface area (TPSA) is 50.5 Å². The second-order valence-corrected chi connectivity index (χ2v) is 5.34. The first kappa shape index (κ1) is 14.5. The number of ether oxygens (including phenoxy) is 1. The number of hydrogen-bond donors (Lipinski definition) is 1. The molecule has 19 heavy (non-hydrogen) atoms. The summed E-state index contributed by atoms with van der Waals surface area (Å²) in [5.74, 6) is 0. The average Bonchev–Trinajstić information content (AvgIpc) is 2.84. The fourth-order valence-electron chi connectivity index (χ4n) is 2.60. The van der Waals surface area contributed by atoms with Gasteiger partial charge in [0.05, 0.1) is 24.9 Å². The zero-order chi connectivity index (χ0) is 13.7. The lowest BCUT2D eigenvalue weighted by Gasteiger charge is -2.33. The van der Waals surface area contributed by atoms with Crippen LogP contribution in [0, 0.1) is 6.92 Å². The smallest absolute Gasteiger partial charge is 0.0900 e. The van der Waals surface area contributed by atoms with Crippen molar-refractivity contribution < 1.29 is 9.84 Å². The summed E-state index contributed by atoms with van der Waals surface area (Å²) in [5, 5.41) is 14.2. The van der Waals surface area contributed by atoms with Gasteiger partial charge in [0.15, 0.2) is 0 Å². The van der Waals surface area contributed by atoms with Gasteiger partial charge in [0.25, 0.3) is 0 Å². The van der Waals surface area contributed by atoms with Crippen LogP contribution in [0.5, 0.6) is 0 Å². The summed E-state index contributed by atoms with van der Waals surface area (Å²) in [6.07, 6.45) is 5.86. The van der Waals surface area contributed by atoms with Crippen LogP contribution in [0.3, 0.4) is 0 Å². The van der Waals surface area contributed by atoms with Gasteiger partial charge < -0.3 is 14.7 Å². The van der Waals surface area contributed by atoms with Crippen LogP contribution < -0.4 is 0 Å². The highest BCUT2D eigenvalue weighted by Gasteiger charge is 2.22. The Hall–Kier alpha value is -0.910. The van der Waals surface area contributed by atoms with Gasteiger partial charge in [0.1, 0.15) is 0 Å². The fraction of sp³-hybridized carbons (Fsp3) is 0.786. The zero-order valence-electron chi connectivity index (χ0n) is 12.0. The van der Waals surface area contributed by atoms with Crippen LogP contribution in [0.4, 0.5) is 0 Å². The first-order valence-electron chi connectivity index (χ1n) is 7.18. The minimum absolute atomic E-state index is 0.372. The van der Waals surface area contributed by atoms with Gasteiger partial charge in [-0.1, -0.05) is 0 Å². The van der Waals surface area contributed by atoms with Crippen LogP contribution in [0.15, 0.2) is 12.4 Å². The van der Waals surface area contributed by atoms with E-state index in [4.69, 9.17) is 4.74 Å². The van der Waals surface area contributed by atoms with Gasteiger partial charge in [-0.3, -0.25) is 4.68 Å². The molecule has 0 radical (unpaired) electrons. The third-order valence-corrected chi connectivity index (χ3v) is 3.65. The van der Waals surface area contributed by atoms with Crippen molar-refractivity contribution in [1.82, 2.24) is 14.7 Å². The molecule has 1 atom stereocenters. The second-order valence-electron chi connectivity index (χ2n) is 5.34. The van der Waals surface area contributed by atoms with Gasteiger partial charge in [-0.05, 0) is 32.3 Å². The molecular weight excluding hydrogens is 242 g/mol. The molecule has 0 aromatic carbocycles. The van der Waals surface area contributed by atoms with E-state index in [1.54, 1.807) is 0 Å². The van der Waals surface area contributed by atoms with E-state index < -0.39 is 0 Å². The minimum atomic E-state index is -0.372. The Balaban J connectivity index is 1.73. The number of aliphatic hydroxyl groups is 1. The molecule has 2 heterocycles. The normalized spacial score (nSPS) is 19.7. The third-order valence-electron chi connectivity index (χ3n) is 3.65. The molecule has 0 bridgehead atoms. The molecule has 1 fully saturated rings. The molecule has 2 rings (SSSR count). The quantitative estimate of drug-likeness (QED) is 0.842. The van der Waals surface area contributed by atoms with E-state index in [-0.39, 0.29) is 6.10 Å². The Kier molecular flexibility index (Phi) is 5.36. The Bertz CT molecular complexity index is 373. The SMILES string of the molecule is CCOCC(O)CN1CCC(n2cc(C)cn2)CC1. The highest BCUT2D eigenvalue weighted by molar-refractivity contribution is 5.00. The Morgan fingerprint density at radius 2 is 2.21 bits per heavy atom. The van der Waals surface area contributed by atoms with E-state index in [0.29, 0.717) is 25.8 Å². The van der Waals surface area contributed by atoms with Gasteiger partial charge >= 0.3 is 0 Å². The van der Waals surface area contributed by atoms with Crippen molar-refractivity contribution in [1.29, 1.82) is 0 Å². The largest absolute Gasteiger partial charge is 0.389 e. The van der Waals surface area contributed by atoms with E-state index in [0.717, 1.165) is 25.9 Å². The molecule has 1 unspecified atom stereocenters. The van der Waals surface area contributed by atoms with Gasteiger partial charge in [-0.2, -0.15) is 5.10 Å². The number of piperidine rings is 1. The summed E-state index contributed by atoms with van der Waals surface area (Å²) in [4.78, 5) is 2.32. The van der Waals surface area contributed by atoms with Crippen molar-refractivity contribution >= 4 is 0 Å². The van der Waals surface area contributed by atoms with E-state index in [9.17, 15) is 5.11 Å². The number of rotatable bonds is 6. The maximum Gasteiger partial charge on any atom is 0.0900 e. The van der Waals surface area contributed by atoms with Crippen molar-refractivity contribution in [2.45, 2.75) is 38.8 Å². The Morgan fingerprint density at radius 3 is 2.79 bits per heavy atom. The second kappa shape index (κ2) is 7.03. The van der Waals surface area contributed by atoms with Crippen LogP contribution in [0.25, 0.3) is 0 Å². The van der Waals surface area contributed by atoms with Crippen molar-refractivity contribution in [3.8, 4) is 0 Å². The van der Waals surface area contributed by atoms with Gasteiger partial charge in [0, 0.05) is 32.4 Å². The molecule has 1 N–H and O–H groups in total. The van der Waals surface area contributed by atoms with Gasteiger partial charge in [-0.15, -0.1) is 0 Å². The maximum absolute atomic E-state index is 9.83. The molecule has 1 aliphatic rings. The molecule has 1 aromatic heterocycles. The van der Waals surface area contributed by atoms with E-state index in [1.807, 2.05) is 13.1 Å². The number of β-amino-alcohol motifs (C(OH)–C–C–N with tert-alkyl or cyclic N) is 1. The molecule has 5 nitrogen and oxygen atoms in total. The Labute approximate surface area is 115 Å². The summed E-state index contributed by atoms with van der Waals surface area (Å²) in [6, 6.07) is 0.508. The number of likely N-dealkylation sites (tertiary alicyclic amines) is 1. The summed E-state index contributed by atoms with van der Waals surface area (Å²) in [6.45, 7) is 7.88.